The summed E-state index contributed by atoms with van der Waals surface area (Å²) in [5.74, 6) is 1.83. The van der Waals surface area contributed by atoms with Crippen molar-refractivity contribution in [3.8, 4) is 11.5 Å². The molecule has 2 aliphatic heterocycles. The maximum Gasteiger partial charge on any atom is 0.240 e. The number of fused-ring (bicyclic) bond motifs is 1. The number of ether oxygens (including phenoxy) is 2. The zero-order valence-electron chi connectivity index (χ0n) is 14.8. The fraction of sp³-hybridized carbons (Fsp3) is 0.632. The first-order chi connectivity index (χ1) is 11.7. The molecule has 5 heteroatoms. The van der Waals surface area contributed by atoms with Crippen molar-refractivity contribution >= 4 is 5.91 Å². The molecule has 0 N–H and O–H groups in total. The number of carbonyl (C=O) groups is 1. The molecule has 132 valence electrons. The Morgan fingerprint density at radius 3 is 2.88 bits per heavy atom. The van der Waals surface area contributed by atoms with Crippen molar-refractivity contribution in [2.45, 2.75) is 52.1 Å². The zero-order chi connectivity index (χ0) is 16.9. The van der Waals surface area contributed by atoms with Crippen molar-refractivity contribution in [3.63, 3.8) is 0 Å². The van der Waals surface area contributed by atoms with Gasteiger partial charge in [0.15, 0.2) is 11.5 Å². The van der Waals surface area contributed by atoms with Crippen LogP contribution < -0.4 is 9.47 Å². The summed E-state index contributed by atoms with van der Waals surface area (Å²) >= 11 is 0. The van der Waals surface area contributed by atoms with Crippen LogP contribution in [0.3, 0.4) is 0 Å². The van der Waals surface area contributed by atoms with Crippen molar-refractivity contribution in [2.75, 3.05) is 26.4 Å². The number of hydrogen-bond acceptors (Lipinski definition) is 4. The minimum Gasteiger partial charge on any atom is -0.454 e. The minimum absolute atomic E-state index is 0.0488. The van der Waals surface area contributed by atoms with Crippen LogP contribution in [0.1, 0.15) is 45.1 Å². The lowest BCUT2D eigenvalue weighted by Crippen LogP contribution is -2.50. The zero-order valence-corrected chi connectivity index (χ0v) is 14.8. The Kier molecular flexibility index (Phi) is 5.61. The third-order valence-corrected chi connectivity index (χ3v) is 4.91. The lowest BCUT2D eigenvalue weighted by atomic mass is 10.00. The van der Waals surface area contributed by atoms with E-state index < -0.39 is 0 Å². The number of carbonyl (C=O) groups excluding carboxylic acids is 1. The highest BCUT2D eigenvalue weighted by atomic mass is 16.7. The lowest BCUT2D eigenvalue weighted by Gasteiger charge is -2.37. The van der Waals surface area contributed by atoms with Crippen LogP contribution in [-0.4, -0.2) is 48.2 Å². The molecule has 1 aromatic rings. The first-order valence-electron chi connectivity index (χ1n) is 9.14. The Bertz CT molecular complexity index is 574. The molecule has 1 fully saturated rings. The van der Waals surface area contributed by atoms with E-state index in [1.807, 2.05) is 23.1 Å². The molecule has 0 aromatic heterocycles. The SMILES string of the molecule is CCCN1CCCCC1C(=O)N(CC)Cc1ccc2c(c1)OCO2. The number of rotatable bonds is 6. The highest BCUT2D eigenvalue weighted by Crippen LogP contribution is 2.33. The molecule has 0 spiro atoms. The normalized spacial score (nSPS) is 20.2. The molecule has 0 aliphatic carbocycles. The van der Waals surface area contributed by atoms with Crippen LogP contribution in [-0.2, 0) is 11.3 Å². The molecule has 1 amide bonds. The first-order valence-corrected chi connectivity index (χ1v) is 9.14. The van der Waals surface area contributed by atoms with Crippen LogP contribution in [0.5, 0.6) is 11.5 Å². The number of nitrogens with zero attached hydrogens (tertiary/aromatic N) is 2. The van der Waals surface area contributed by atoms with Gasteiger partial charge in [-0.1, -0.05) is 19.4 Å². The standard InChI is InChI=1S/C19H28N2O3/c1-3-10-21-11-6-5-7-16(21)19(22)20(4-2)13-15-8-9-17-18(12-15)24-14-23-17/h8-9,12,16H,3-7,10-11,13-14H2,1-2H3. The maximum atomic E-state index is 13.1. The summed E-state index contributed by atoms with van der Waals surface area (Å²) in [6.45, 7) is 7.93. The van der Waals surface area contributed by atoms with Gasteiger partial charge in [-0.25, -0.2) is 0 Å². The molecule has 1 aromatic carbocycles. The molecule has 1 atom stereocenters. The maximum absolute atomic E-state index is 13.1. The summed E-state index contributed by atoms with van der Waals surface area (Å²) in [5, 5.41) is 0. The summed E-state index contributed by atoms with van der Waals surface area (Å²) in [4.78, 5) is 17.4. The van der Waals surface area contributed by atoms with Gasteiger partial charge < -0.3 is 14.4 Å². The monoisotopic (exact) mass is 332 g/mol. The second-order valence-electron chi connectivity index (χ2n) is 6.59. The van der Waals surface area contributed by atoms with Crippen LogP contribution in [0.4, 0.5) is 0 Å². The molecule has 0 saturated carbocycles. The van der Waals surface area contributed by atoms with E-state index in [0.717, 1.165) is 56.0 Å². The van der Waals surface area contributed by atoms with Gasteiger partial charge in [-0.2, -0.15) is 0 Å². The molecule has 1 unspecified atom stereocenters. The van der Waals surface area contributed by atoms with Crippen LogP contribution >= 0.6 is 0 Å². The number of piperidine rings is 1. The first kappa shape index (κ1) is 17.1. The molecule has 3 rings (SSSR count). The number of likely N-dealkylation sites (N-methyl/N-ethyl adjacent to an activating group) is 1. The summed E-state index contributed by atoms with van der Waals surface area (Å²) in [6, 6.07) is 5.99. The van der Waals surface area contributed by atoms with Gasteiger partial charge in [-0.3, -0.25) is 9.69 Å². The average molecular weight is 332 g/mol. The topological polar surface area (TPSA) is 42.0 Å². The molecule has 0 bridgehead atoms. The highest BCUT2D eigenvalue weighted by molar-refractivity contribution is 5.82. The Morgan fingerprint density at radius 1 is 1.25 bits per heavy atom. The Balaban J connectivity index is 1.69. The Hall–Kier alpha value is -1.75. The van der Waals surface area contributed by atoms with Gasteiger partial charge in [0.1, 0.15) is 0 Å². The molecule has 24 heavy (non-hydrogen) atoms. The van der Waals surface area contributed by atoms with E-state index in [9.17, 15) is 4.79 Å². The fourth-order valence-electron chi connectivity index (χ4n) is 3.64. The van der Waals surface area contributed by atoms with E-state index in [1.54, 1.807) is 0 Å². The summed E-state index contributed by atoms with van der Waals surface area (Å²) in [5.41, 5.74) is 1.09. The number of benzene rings is 1. The smallest absolute Gasteiger partial charge is 0.240 e. The molecular weight excluding hydrogens is 304 g/mol. The Morgan fingerprint density at radius 2 is 2.08 bits per heavy atom. The largest absolute Gasteiger partial charge is 0.454 e. The van der Waals surface area contributed by atoms with E-state index in [4.69, 9.17) is 9.47 Å². The summed E-state index contributed by atoms with van der Waals surface area (Å²) in [7, 11) is 0. The third-order valence-electron chi connectivity index (χ3n) is 4.91. The fourth-order valence-corrected chi connectivity index (χ4v) is 3.64. The molecule has 0 radical (unpaired) electrons. The van der Waals surface area contributed by atoms with Crippen molar-refractivity contribution in [1.29, 1.82) is 0 Å². The number of likely N-dealkylation sites (tertiary alicyclic amines) is 1. The summed E-state index contributed by atoms with van der Waals surface area (Å²) in [6.07, 6.45) is 4.44. The van der Waals surface area contributed by atoms with Gasteiger partial charge >= 0.3 is 0 Å². The second kappa shape index (κ2) is 7.88. The van der Waals surface area contributed by atoms with Crippen molar-refractivity contribution in [3.05, 3.63) is 23.8 Å². The minimum atomic E-state index is 0.0488. The van der Waals surface area contributed by atoms with Gasteiger partial charge in [-0.15, -0.1) is 0 Å². The quantitative estimate of drug-likeness (QED) is 0.803. The predicted molar refractivity (Wildman–Crippen MR) is 93.2 cm³/mol. The van der Waals surface area contributed by atoms with Crippen LogP contribution in [0, 0.1) is 0 Å². The van der Waals surface area contributed by atoms with Gasteiger partial charge in [0.25, 0.3) is 0 Å². The van der Waals surface area contributed by atoms with E-state index in [1.165, 1.54) is 6.42 Å². The lowest BCUT2D eigenvalue weighted by molar-refractivity contribution is -0.138. The highest BCUT2D eigenvalue weighted by Gasteiger charge is 2.31. The average Bonchev–Trinajstić information content (AvgIpc) is 3.07. The molecule has 2 heterocycles. The van der Waals surface area contributed by atoms with E-state index in [0.29, 0.717) is 6.54 Å². The second-order valence-corrected chi connectivity index (χ2v) is 6.59. The van der Waals surface area contributed by atoms with Crippen molar-refractivity contribution < 1.29 is 14.3 Å². The van der Waals surface area contributed by atoms with Crippen LogP contribution in [0.25, 0.3) is 0 Å². The summed E-state index contributed by atoms with van der Waals surface area (Å²) < 4.78 is 10.8. The van der Waals surface area contributed by atoms with Gasteiger partial charge in [-0.05, 0) is 57.0 Å². The van der Waals surface area contributed by atoms with Crippen molar-refractivity contribution in [1.82, 2.24) is 9.80 Å². The van der Waals surface area contributed by atoms with Crippen molar-refractivity contribution in [2.24, 2.45) is 0 Å². The van der Waals surface area contributed by atoms with E-state index in [2.05, 4.69) is 18.7 Å². The van der Waals surface area contributed by atoms with E-state index in [-0.39, 0.29) is 18.7 Å². The molecule has 5 nitrogen and oxygen atoms in total. The van der Waals surface area contributed by atoms with Crippen LogP contribution in [0.2, 0.25) is 0 Å². The van der Waals surface area contributed by atoms with Gasteiger partial charge in [0, 0.05) is 13.1 Å². The number of hydrogen-bond donors (Lipinski definition) is 0. The van der Waals surface area contributed by atoms with E-state index >= 15 is 0 Å². The van der Waals surface area contributed by atoms with Gasteiger partial charge in [0.05, 0.1) is 6.04 Å². The van der Waals surface area contributed by atoms with Gasteiger partial charge in [0.2, 0.25) is 12.7 Å². The molecule has 2 aliphatic rings. The third kappa shape index (κ3) is 3.66. The van der Waals surface area contributed by atoms with Crippen LogP contribution in [0.15, 0.2) is 18.2 Å². The Labute approximate surface area is 144 Å². The molecular formula is C19H28N2O3. The number of amides is 1. The predicted octanol–water partition coefficient (Wildman–Crippen LogP) is 3.03. The molecule has 1 saturated heterocycles.